The number of benzene rings is 1. The molecule has 0 fully saturated rings. The van der Waals surface area contributed by atoms with E-state index in [1.54, 1.807) is 26.8 Å². The minimum Gasteiger partial charge on any atom is -0.480 e. The first-order valence-electron chi connectivity index (χ1n) is 6.78. The Morgan fingerprint density at radius 2 is 1.86 bits per heavy atom. The van der Waals surface area contributed by atoms with Crippen molar-refractivity contribution in [3.05, 3.63) is 29.8 Å². The van der Waals surface area contributed by atoms with Crippen molar-refractivity contribution in [1.29, 1.82) is 0 Å². The van der Waals surface area contributed by atoms with E-state index in [1.807, 2.05) is 25.2 Å². The van der Waals surface area contributed by atoms with Crippen LogP contribution in [0.4, 0.5) is 10.5 Å². The van der Waals surface area contributed by atoms with E-state index in [0.717, 1.165) is 5.56 Å². The molecule has 0 aliphatic heterocycles. The zero-order valence-corrected chi connectivity index (χ0v) is 12.9. The van der Waals surface area contributed by atoms with Crippen LogP contribution in [-0.4, -0.2) is 41.1 Å². The Hall–Kier alpha value is -2.08. The molecule has 1 aromatic carbocycles. The van der Waals surface area contributed by atoms with Gasteiger partial charge >= 0.3 is 12.0 Å². The smallest absolute Gasteiger partial charge is 0.323 e. The van der Waals surface area contributed by atoms with Gasteiger partial charge in [0.2, 0.25) is 0 Å². The number of carbonyl (C=O) groups excluding carboxylic acids is 1. The number of amides is 2. The number of nitrogens with zero attached hydrogens (tertiary/aromatic N) is 1. The molecule has 0 unspecified atom stereocenters. The van der Waals surface area contributed by atoms with Gasteiger partial charge in [0, 0.05) is 17.8 Å². The van der Waals surface area contributed by atoms with Crippen LogP contribution in [0.15, 0.2) is 24.3 Å². The standard InChI is InChI=1S/C15H23N3O3/c1-15(2,3)18(10-13(19)20)14(21)17-12-8-6-5-7-11(12)9-16-4/h5-8,16H,9-10H2,1-4H3,(H,17,21)(H,19,20). The normalized spacial score (nSPS) is 11.0. The van der Waals surface area contributed by atoms with Gasteiger partial charge in [0.05, 0.1) is 0 Å². The van der Waals surface area contributed by atoms with Crippen LogP contribution >= 0.6 is 0 Å². The van der Waals surface area contributed by atoms with Crippen molar-refractivity contribution in [2.24, 2.45) is 0 Å². The lowest BCUT2D eigenvalue weighted by atomic mass is 10.1. The molecule has 0 aliphatic rings. The van der Waals surface area contributed by atoms with Crippen LogP contribution in [0.5, 0.6) is 0 Å². The summed E-state index contributed by atoms with van der Waals surface area (Å²) in [6.45, 7) is 5.67. The second-order valence-corrected chi connectivity index (χ2v) is 5.77. The third kappa shape index (κ3) is 5.07. The van der Waals surface area contributed by atoms with Gasteiger partial charge in [0.1, 0.15) is 6.54 Å². The number of carboxylic acid groups (broad SMARTS) is 1. The molecule has 0 saturated heterocycles. The second-order valence-electron chi connectivity index (χ2n) is 5.77. The van der Waals surface area contributed by atoms with Gasteiger partial charge in [-0.1, -0.05) is 18.2 Å². The number of para-hydroxylation sites is 1. The van der Waals surface area contributed by atoms with Crippen molar-refractivity contribution in [2.75, 3.05) is 18.9 Å². The Bertz CT molecular complexity index is 509. The average molecular weight is 293 g/mol. The van der Waals surface area contributed by atoms with Crippen LogP contribution in [-0.2, 0) is 11.3 Å². The quantitative estimate of drug-likeness (QED) is 0.776. The number of rotatable bonds is 5. The van der Waals surface area contributed by atoms with Crippen molar-refractivity contribution in [2.45, 2.75) is 32.9 Å². The summed E-state index contributed by atoms with van der Waals surface area (Å²) in [5.41, 5.74) is 1.04. The van der Waals surface area contributed by atoms with E-state index in [1.165, 1.54) is 4.90 Å². The number of hydrogen-bond donors (Lipinski definition) is 3. The second kappa shape index (κ2) is 7.08. The highest BCUT2D eigenvalue weighted by atomic mass is 16.4. The SMILES string of the molecule is CNCc1ccccc1NC(=O)N(CC(=O)O)C(C)(C)C. The summed E-state index contributed by atoms with van der Waals surface area (Å²) in [6.07, 6.45) is 0. The summed E-state index contributed by atoms with van der Waals surface area (Å²) in [7, 11) is 1.82. The van der Waals surface area contributed by atoms with E-state index >= 15 is 0 Å². The van der Waals surface area contributed by atoms with E-state index in [4.69, 9.17) is 5.11 Å². The Balaban J connectivity index is 2.94. The van der Waals surface area contributed by atoms with Crippen LogP contribution in [0.2, 0.25) is 0 Å². The number of urea groups is 1. The fourth-order valence-electron chi connectivity index (χ4n) is 1.92. The van der Waals surface area contributed by atoms with Crippen LogP contribution in [0, 0.1) is 0 Å². The summed E-state index contributed by atoms with van der Waals surface area (Å²) < 4.78 is 0. The molecule has 1 rings (SSSR count). The highest BCUT2D eigenvalue weighted by Crippen LogP contribution is 2.19. The molecule has 0 saturated carbocycles. The molecule has 21 heavy (non-hydrogen) atoms. The third-order valence-corrected chi connectivity index (χ3v) is 2.97. The number of carbonyl (C=O) groups is 2. The topological polar surface area (TPSA) is 81.7 Å². The molecule has 0 atom stereocenters. The van der Waals surface area contributed by atoms with E-state index in [9.17, 15) is 9.59 Å². The van der Waals surface area contributed by atoms with Crippen LogP contribution in [0.3, 0.4) is 0 Å². The maximum Gasteiger partial charge on any atom is 0.323 e. The van der Waals surface area contributed by atoms with Crippen LogP contribution < -0.4 is 10.6 Å². The molecule has 0 bridgehead atoms. The van der Waals surface area contributed by atoms with Crippen LogP contribution in [0.1, 0.15) is 26.3 Å². The van der Waals surface area contributed by atoms with Crippen molar-refractivity contribution >= 4 is 17.7 Å². The first-order chi connectivity index (χ1) is 9.75. The number of nitrogens with one attached hydrogen (secondary N) is 2. The highest BCUT2D eigenvalue weighted by Gasteiger charge is 2.28. The van der Waals surface area contributed by atoms with E-state index in [2.05, 4.69) is 10.6 Å². The zero-order chi connectivity index (χ0) is 16.0. The van der Waals surface area contributed by atoms with Gasteiger partial charge in [-0.2, -0.15) is 0 Å². The zero-order valence-electron chi connectivity index (χ0n) is 12.9. The van der Waals surface area contributed by atoms with Gasteiger partial charge in [-0.05, 0) is 39.4 Å². The summed E-state index contributed by atoms with van der Waals surface area (Å²) in [6, 6.07) is 7.00. The molecule has 2 amide bonds. The van der Waals surface area contributed by atoms with Crippen molar-refractivity contribution in [3.8, 4) is 0 Å². The summed E-state index contributed by atoms with van der Waals surface area (Å²) >= 11 is 0. The maximum absolute atomic E-state index is 12.4. The number of hydrogen-bond acceptors (Lipinski definition) is 3. The van der Waals surface area contributed by atoms with Crippen molar-refractivity contribution in [1.82, 2.24) is 10.2 Å². The summed E-state index contributed by atoms with van der Waals surface area (Å²) in [5.74, 6) is -1.04. The van der Waals surface area contributed by atoms with Crippen LogP contribution in [0.25, 0.3) is 0 Å². The maximum atomic E-state index is 12.4. The highest BCUT2D eigenvalue weighted by molar-refractivity contribution is 5.92. The Morgan fingerprint density at radius 1 is 1.24 bits per heavy atom. The number of aliphatic carboxylic acids is 1. The lowest BCUT2D eigenvalue weighted by molar-refractivity contribution is -0.138. The van der Waals surface area contributed by atoms with Gasteiger partial charge in [0.25, 0.3) is 0 Å². The molecular formula is C15H23N3O3. The predicted octanol–water partition coefficient (Wildman–Crippen LogP) is 2.12. The van der Waals surface area contributed by atoms with Gasteiger partial charge in [-0.25, -0.2) is 4.79 Å². The van der Waals surface area contributed by atoms with Gasteiger partial charge in [0.15, 0.2) is 0 Å². The van der Waals surface area contributed by atoms with Gasteiger partial charge in [-0.3, -0.25) is 4.79 Å². The summed E-state index contributed by atoms with van der Waals surface area (Å²) in [4.78, 5) is 24.6. The first kappa shape index (κ1) is 17.0. The largest absolute Gasteiger partial charge is 0.480 e. The van der Waals surface area contributed by atoms with E-state index in [0.29, 0.717) is 12.2 Å². The molecule has 0 aromatic heterocycles. The molecule has 0 radical (unpaired) electrons. The Labute approximate surface area is 125 Å². The lowest BCUT2D eigenvalue weighted by Gasteiger charge is -2.34. The average Bonchev–Trinajstić information content (AvgIpc) is 2.37. The molecule has 1 aromatic rings. The number of carboxylic acids is 1. The third-order valence-electron chi connectivity index (χ3n) is 2.97. The van der Waals surface area contributed by atoms with Crippen molar-refractivity contribution in [3.63, 3.8) is 0 Å². The lowest BCUT2D eigenvalue weighted by Crippen LogP contribution is -2.50. The molecule has 116 valence electrons. The van der Waals surface area contributed by atoms with E-state index < -0.39 is 17.5 Å². The fourth-order valence-corrected chi connectivity index (χ4v) is 1.92. The minimum atomic E-state index is -1.04. The minimum absolute atomic E-state index is 0.344. The number of anilines is 1. The molecule has 0 spiro atoms. The first-order valence-corrected chi connectivity index (χ1v) is 6.78. The molecular weight excluding hydrogens is 270 g/mol. The van der Waals surface area contributed by atoms with Gasteiger partial charge < -0.3 is 20.6 Å². The van der Waals surface area contributed by atoms with Crippen molar-refractivity contribution < 1.29 is 14.7 Å². The monoisotopic (exact) mass is 293 g/mol. The molecule has 3 N–H and O–H groups in total. The molecule has 6 nitrogen and oxygen atoms in total. The predicted molar refractivity (Wildman–Crippen MR) is 82.3 cm³/mol. The molecule has 0 aliphatic carbocycles. The van der Waals surface area contributed by atoms with E-state index in [-0.39, 0.29) is 6.54 Å². The van der Waals surface area contributed by atoms with Gasteiger partial charge in [-0.15, -0.1) is 0 Å². The Morgan fingerprint density at radius 3 is 2.38 bits per heavy atom. The molecule has 6 heteroatoms. The fraction of sp³-hybridized carbons (Fsp3) is 0.467. The Kier molecular flexibility index (Phi) is 5.72. The molecule has 0 heterocycles. The summed E-state index contributed by atoms with van der Waals surface area (Å²) in [5, 5.41) is 14.8.